The SMILES string of the molecule is C=CCOc1ccc(-c2cnc(-c3ccc(C=CCCCC(C)OCCCCC)cc3)nc2)c(F)c1F. The summed E-state index contributed by atoms with van der Waals surface area (Å²) in [6, 6.07) is 10.8. The molecular formula is C31H36F2N2O2. The second kappa shape index (κ2) is 15.0. The van der Waals surface area contributed by atoms with Gasteiger partial charge in [0.15, 0.2) is 17.4 Å². The average Bonchev–Trinajstić information content (AvgIpc) is 2.92. The summed E-state index contributed by atoms with van der Waals surface area (Å²) in [5, 5.41) is 0. The number of unbranched alkanes of at least 4 members (excludes halogenated alkanes) is 3. The number of hydrogen-bond donors (Lipinski definition) is 0. The van der Waals surface area contributed by atoms with E-state index in [0.29, 0.717) is 17.5 Å². The first-order valence-electron chi connectivity index (χ1n) is 13.0. The molecule has 3 aromatic rings. The van der Waals surface area contributed by atoms with Crippen LogP contribution in [0.15, 0.2) is 67.5 Å². The summed E-state index contributed by atoms with van der Waals surface area (Å²) < 4.78 is 39.8. The van der Waals surface area contributed by atoms with Gasteiger partial charge in [0.25, 0.3) is 0 Å². The van der Waals surface area contributed by atoms with Crippen LogP contribution in [0.5, 0.6) is 5.75 Å². The van der Waals surface area contributed by atoms with E-state index in [4.69, 9.17) is 9.47 Å². The number of halogens is 2. The molecule has 0 bridgehead atoms. The number of aromatic nitrogens is 2. The maximum atomic E-state index is 14.6. The molecule has 0 aliphatic heterocycles. The molecule has 3 rings (SSSR count). The summed E-state index contributed by atoms with van der Waals surface area (Å²) >= 11 is 0. The molecule has 6 heteroatoms. The quantitative estimate of drug-likeness (QED) is 0.153. The number of benzene rings is 2. The molecule has 4 nitrogen and oxygen atoms in total. The molecule has 0 amide bonds. The third-order valence-corrected chi connectivity index (χ3v) is 5.98. The predicted octanol–water partition coefficient (Wildman–Crippen LogP) is 8.43. The highest BCUT2D eigenvalue weighted by atomic mass is 19.2. The average molecular weight is 507 g/mol. The summed E-state index contributed by atoms with van der Waals surface area (Å²) in [5.41, 5.74) is 2.40. The minimum atomic E-state index is -1.04. The molecule has 1 heterocycles. The molecule has 1 unspecified atom stereocenters. The van der Waals surface area contributed by atoms with E-state index in [1.807, 2.05) is 24.3 Å². The number of ether oxygens (including phenoxy) is 2. The molecule has 0 spiro atoms. The minimum absolute atomic E-state index is 0.0768. The number of nitrogens with zero attached hydrogens (tertiary/aromatic N) is 2. The Kier molecular flexibility index (Phi) is 11.4. The Morgan fingerprint density at radius 3 is 2.41 bits per heavy atom. The van der Waals surface area contributed by atoms with Gasteiger partial charge in [-0.2, -0.15) is 4.39 Å². The summed E-state index contributed by atoms with van der Waals surface area (Å²) in [6.07, 6.45) is 15.8. The summed E-state index contributed by atoms with van der Waals surface area (Å²) in [4.78, 5) is 8.72. The zero-order valence-electron chi connectivity index (χ0n) is 21.8. The monoisotopic (exact) mass is 506 g/mol. The van der Waals surface area contributed by atoms with Crippen molar-refractivity contribution in [1.82, 2.24) is 9.97 Å². The van der Waals surface area contributed by atoms with Crippen LogP contribution in [0.3, 0.4) is 0 Å². The van der Waals surface area contributed by atoms with Gasteiger partial charge >= 0.3 is 0 Å². The van der Waals surface area contributed by atoms with Gasteiger partial charge in [0.2, 0.25) is 5.82 Å². The van der Waals surface area contributed by atoms with Crippen LogP contribution in [0.1, 0.15) is 57.9 Å². The van der Waals surface area contributed by atoms with Gasteiger partial charge < -0.3 is 9.47 Å². The lowest BCUT2D eigenvalue weighted by molar-refractivity contribution is 0.0566. The normalized spacial score (nSPS) is 12.1. The Labute approximate surface area is 219 Å². The van der Waals surface area contributed by atoms with Crippen molar-refractivity contribution in [3.05, 3.63) is 84.7 Å². The fraction of sp³-hybridized carbons (Fsp3) is 0.355. The third-order valence-electron chi connectivity index (χ3n) is 5.98. The van der Waals surface area contributed by atoms with Crippen molar-refractivity contribution in [2.24, 2.45) is 0 Å². The van der Waals surface area contributed by atoms with E-state index in [2.05, 4.69) is 42.5 Å². The smallest absolute Gasteiger partial charge is 0.201 e. The number of allylic oxidation sites excluding steroid dienone is 1. The highest BCUT2D eigenvalue weighted by molar-refractivity contribution is 5.66. The van der Waals surface area contributed by atoms with Gasteiger partial charge in [-0.1, -0.05) is 68.8 Å². The van der Waals surface area contributed by atoms with Gasteiger partial charge in [-0.25, -0.2) is 14.4 Å². The van der Waals surface area contributed by atoms with E-state index in [9.17, 15) is 8.78 Å². The lowest BCUT2D eigenvalue weighted by atomic mass is 10.1. The summed E-state index contributed by atoms with van der Waals surface area (Å²) in [6.45, 7) is 8.80. The Morgan fingerprint density at radius 2 is 1.70 bits per heavy atom. The molecule has 0 aliphatic rings. The number of hydrogen-bond acceptors (Lipinski definition) is 4. The van der Waals surface area contributed by atoms with Crippen LogP contribution < -0.4 is 4.74 Å². The molecule has 0 saturated carbocycles. The summed E-state index contributed by atoms with van der Waals surface area (Å²) in [7, 11) is 0. The van der Waals surface area contributed by atoms with Crippen molar-refractivity contribution in [3.8, 4) is 28.3 Å². The fourth-order valence-electron chi connectivity index (χ4n) is 3.84. The van der Waals surface area contributed by atoms with Crippen molar-refractivity contribution >= 4 is 6.08 Å². The van der Waals surface area contributed by atoms with Crippen LogP contribution in [0, 0.1) is 11.6 Å². The minimum Gasteiger partial charge on any atom is -0.486 e. The Morgan fingerprint density at radius 1 is 0.946 bits per heavy atom. The highest BCUT2D eigenvalue weighted by Gasteiger charge is 2.16. The molecule has 37 heavy (non-hydrogen) atoms. The van der Waals surface area contributed by atoms with Gasteiger partial charge in [-0.15, -0.1) is 0 Å². The first-order chi connectivity index (χ1) is 18.0. The van der Waals surface area contributed by atoms with Crippen LogP contribution in [0.2, 0.25) is 0 Å². The Bertz CT molecular complexity index is 1150. The van der Waals surface area contributed by atoms with Crippen molar-refractivity contribution in [2.75, 3.05) is 13.2 Å². The fourth-order valence-corrected chi connectivity index (χ4v) is 3.84. The van der Waals surface area contributed by atoms with Crippen LogP contribution in [0.4, 0.5) is 8.78 Å². The van der Waals surface area contributed by atoms with E-state index in [1.54, 1.807) is 0 Å². The number of rotatable bonds is 15. The Hall–Kier alpha value is -3.38. The van der Waals surface area contributed by atoms with Crippen LogP contribution in [0.25, 0.3) is 28.6 Å². The van der Waals surface area contributed by atoms with Crippen molar-refractivity contribution in [3.63, 3.8) is 0 Å². The van der Waals surface area contributed by atoms with Crippen molar-refractivity contribution in [1.29, 1.82) is 0 Å². The standard InChI is InChI=1S/C31H36F2N2O2/c1-4-6-10-20-36-23(3)11-8-7-9-12-24-13-15-25(16-14-24)31-34-21-26(22-35-31)27-17-18-28(37-19-5-2)30(33)29(27)32/h5,9,12-18,21-23H,2,4,6-8,10-11,19-20H2,1,3H3. The second-order valence-corrected chi connectivity index (χ2v) is 8.98. The first-order valence-corrected chi connectivity index (χ1v) is 13.0. The van der Waals surface area contributed by atoms with Gasteiger partial charge in [0, 0.05) is 35.7 Å². The molecule has 0 radical (unpaired) electrons. The Balaban J connectivity index is 1.52. The zero-order valence-corrected chi connectivity index (χ0v) is 21.8. The van der Waals surface area contributed by atoms with E-state index in [-0.39, 0.29) is 17.9 Å². The molecule has 196 valence electrons. The molecule has 0 saturated heterocycles. The van der Waals surface area contributed by atoms with Crippen LogP contribution in [-0.4, -0.2) is 29.3 Å². The largest absolute Gasteiger partial charge is 0.486 e. The van der Waals surface area contributed by atoms with E-state index in [0.717, 1.165) is 43.4 Å². The molecule has 2 aromatic carbocycles. The molecule has 0 fully saturated rings. The topological polar surface area (TPSA) is 44.2 Å². The van der Waals surface area contributed by atoms with Gasteiger partial charge in [-0.3, -0.25) is 0 Å². The molecule has 1 atom stereocenters. The van der Waals surface area contributed by atoms with E-state index in [1.165, 1.54) is 43.4 Å². The van der Waals surface area contributed by atoms with Crippen molar-refractivity contribution < 1.29 is 18.3 Å². The molecule has 0 N–H and O–H groups in total. The summed E-state index contributed by atoms with van der Waals surface area (Å²) in [5.74, 6) is -1.69. The molecule has 0 aliphatic carbocycles. The highest BCUT2D eigenvalue weighted by Crippen LogP contribution is 2.30. The van der Waals surface area contributed by atoms with Gasteiger partial charge in [-0.05, 0) is 50.3 Å². The predicted molar refractivity (Wildman–Crippen MR) is 146 cm³/mol. The zero-order chi connectivity index (χ0) is 26.5. The molecular weight excluding hydrogens is 470 g/mol. The van der Waals surface area contributed by atoms with Crippen molar-refractivity contribution in [2.45, 2.75) is 58.5 Å². The van der Waals surface area contributed by atoms with Crippen LogP contribution >= 0.6 is 0 Å². The molecule has 1 aromatic heterocycles. The van der Waals surface area contributed by atoms with E-state index < -0.39 is 11.6 Å². The van der Waals surface area contributed by atoms with Crippen LogP contribution in [-0.2, 0) is 4.74 Å². The van der Waals surface area contributed by atoms with Gasteiger partial charge in [0.1, 0.15) is 6.61 Å². The van der Waals surface area contributed by atoms with E-state index >= 15 is 0 Å². The second-order valence-electron chi connectivity index (χ2n) is 8.98. The first kappa shape index (κ1) is 28.2. The maximum absolute atomic E-state index is 14.6. The van der Waals surface area contributed by atoms with Gasteiger partial charge in [0.05, 0.1) is 6.10 Å². The lowest BCUT2D eigenvalue weighted by Gasteiger charge is -2.12. The maximum Gasteiger partial charge on any atom is 0.201 e. The lowest BCUT2D eigenvalue weighted by Crippen LogP contribution is -2.08. The third kappa shape index (κ3) is 8.60.